The lowest BCUT2D eigenvalue weighted by molar-refractivity contribution is -0.134. The van der Waals surface area contributed by atoms with Crippen molar-refractivity contribution < 1.29 is 9.90 Å². The Morgan fingerprint density at radius 3 is 2.26 bits per heavy atom. The monoisotopic (exact) mass is 315 g/mol. The fourth-order valence-electron chi connectivity index (χ4n) is 3.80. The van der Waals surface area contributed by atoms with Gasteiger partial charge in [0.25, 0.3) is 0 Å². The van der Waals surface area contributed by atoms with Crippen LogP contribution in [0.3, 0.4) is 0 Å². The zero-order valence-electron chi connectivity index (χ0n) is 14.5. The Labute approximate surface area is 139 Å². The van der Waals surface area contributed by atoms with Gasteiger partial charge in [-0.1, -0.05) is 38.1 Å². The fourth-order valence-corrected chi connectivity index (χ4v) is 3.80. The first-order valence-corrected chi connectivity index (χ1v) is 9.04. The highest BCUT2D eigenvalue weighted by atomic mass is 16.3. The lowest BCUT2D eigenvalue weighted by atomic mass is 9.92. The summed E-state index contributed by atoms with van der Waals surface area (Å²) in [5.74, 6) is 1.83. The first kappa shape index (κ1) is 16.5. The lowest BCUT2D eigenvalue weighted by Gasteiger charge is -2.33. The molecule has 1 saturated carbocycles. The zero-order valence-corrected chi connectivity index (χ0v) is 14.5. The molecule has 126 valence electrons. The number of rotatable bonds is 4. The van der Waals surface area contributed by atoms with Gasteiger partial charge < -0.3 is 10.0 Å². The Morgan fingerprint density at radius 2 is 1.74 bits per heavy atom. The first-order chi connectivity index (χ1) is 11.0. The number of hydrogen-bond donors (Lipinski definition) is 1. The van der Waals surface area contributed by atoms with Crippen molar-refractivity contribution in [3.05, 3.63) is 35.4 Å². The van der Waals surface area contributed by atoms with Crippen LogP contribution in [0.5, 0.6) is 0 Å². The molecule has 3 atom stereocenters. The van der Waals surface area contributed by atoms with Crippen LogP contribution in [-0.4, -0.2) is 35.1 Å². The standard InChI is InChI=1S/C20H29NO2/c1-13(2)15-4-6-17(7-5-15)18-12-19(18)20(23)21-10-8-16(9-11-21)14(3)22/h4-7,13-14,16,18-19,22H,8-12H2,1-3H3. The van der Waals surface area contributed by atoms with E-state index < -0.39 is 0 Å². The zero-order chi connectivity index (χ0) is 16.6. The Bertz CT molecular complexity index is 541. The van der Waals surface area contributed by atoms with Crippen LogP contribution in [0.1, 0.15) is 63.0 Å². The summed E-state index contributed by atoms with van der Waals surface area (Å²) in [7, 11) is 0. The molecule has 23 heavy (non-hydrogen) atoms. The molecular weight excluding hydrogens is 286 g/mol. The predicted molar refractivity (Wildman–Crippen MR) is 92.4 cm³/mol. The number of carbonyl (C=O) groups excluding carboxylic acids is 1. The van der Waals surface area contributed by atoms with Gasteiger partial charge in [0, 0.05) is 19.0 Å². The Balaban J connectivity index is 1.55. The van der Waals surface area contributed by atoms with Gasteiger partial charge in [-0.15, -0.1) is 0 Å². The van der Waals surface area contributed by atoms with Crippen LogP contribution >= 0.6 is 0 Å². The molecule has 2 aliphatic rings. The minimum absolute atomic E-state index is 0.183. The van der Waals surface area contributed by atoms with Gasteiger partial charge >= 0.3 is 0 Å². The van der Waals surface area contributed by atoms with E-state index in [2.05, 4.69) is 38.1 Å². The van der Waals surface area contributed by atoms with Gasteiger partial charge in [-0.25, -0.2) is 0 Å². The molecule has 3 rings (SSSR count). The van der Waals surface area contributed by atoms with E-state index in [0.717, 1.165) is 32.4 Å². The van der Waals surface area contributed by atoms with Crippen molar-refractivity contribution in [1.82, 2.24) is 4.90 Å². The van der Waals surface area contributed by atoms with Crippen LogP contribution in [0, 0.1) is 11.8 Å². The summed E-state index contributed by atoms with van der Waals surface area (Å²) in [4.78, 5) is 14.7. The van der Waals surface area contributed by atoms with Gasteiger partial charge in [0.05, 0.1) is 6.10 Å². The molecule has 1 amide bonds. The number of piperidine rings is 1. The summed E-state index contributed by atoms with van der Waals surface area (Å²) in [5, 5.41) is 9.67. The average Bonchev–Trinajstić information content (AvgIpc) is 3.35. The normalized spacial score (nSPS) is 26.4. The summed E-state index contributed by atoms with van der Waals surface area (Å²) in [6, 6.07) is 8.81. The summed E-state index contributed by atoms with van der Waals surface area (Å²) in [5.41, 5.74) is 2.67. The van der Waals surface area contributed by atoms with E-state index in [-0.39, 0.29) is 12.0 Å². The highest BCUT2D eigenvalue weighted by molar-refractivity contribution is 5.83. The third-order valence-corrected chi connectivity index (χ3v) is 5.67. The van der Waals surface area contributed by atoms with Crippen LogP contribution in [0.25, 0.3) is 0 Å². The maximum absolute atomic E-state index is 12.7. The van der Waals surface area contributed by atoms with Gasteiger partial charge in [0.15, 0.2) is 0 Å². The Kier molecular flexibility index (Phi) is 4.77. The maximum Gasteiger partial charge on any atom is 0.226 e. The van der Waals surface area contributed by atoms with E-state index in [0.29, 0.717) is 23.7 Å². The molecule has 1 aliphatic heterocycles. The number of amides is 1. The van der Waals surface area contributed by atoms with E-state index in [1.54, 1.807) is 0 Å². The van der Waals surface area contributed by atoms with E-state index in [4.69, 9.17) is 0 Å². The molecule has 2 fully saturated rings. The van der Waals surface area contributed by atoms with Crippen molar-refractivity contribution >= 4 is 5.91 Å². The molecule has 3 unspecified atom stereocenters. The number of aliphatic hydroxyl groups excluding tert-OH is 1. The van der Waals surface area contributed by atoms with E-state index in [1.807, 2.05) is 11.8 Å². The maximum atomic E-state index is 12.7. The number of hydrogen-bond acceptors (Lipinski definition) is 2. The van der Waals surface area contributed by atoms with Crippen LogP contribution in [0.15, 0.2) is 24.3 Å². The topological polar surface area (TPSA) is 40.5 Å². The van der Waals surface area contributed by atoms with Gasteiger partial charge in [0.1, 0.15) is 0 Å². The van der Waals surface area contributed by atoms with Crippen molar-refractivity contribution in [3.63, 3.8) is 0 Å². The molecule has 1 heterocycles. The second kappa shape index (κ2) is 6.64. The number of aliphatic hydroxyl groups is 1. The third-order valence-electron chi connectivity index (χ3n) is 5.67. The third kappa shape index (κ3) is 3.60. The minimum atomic E-state index is -0.250. The van der Waals surface area contributed by atoms with Crippen molar-refractivity contribution in [3.8, 4) is 0 Å². The van der Waals surface area contributed by atoms with Crippen molar-refractivity contribution in [2.24, 2.45) is 11.8 Å². The SMILES string of the molecule is CC(C)c1ccc(C2CC2C(=O)N2CCC(C(C)O)CC2)cc1. The van der Waals surface area contributed by atoms with E-state index in [1.165, 1.54) is 11.1 Å². The molecule has 0 aromatic heterocycles. The van der Waals surface area contributed by atoms with Crippen LogP contribution in [-0.2, 0) is 4.79 Å². The number of nitrogens with zero attached hydrogens (tertiary/aromatic N) is 1. The molecule has 0 spiro atoms. The van der Waals surface area contributed by atoms with Crippen molar-refractivity contribution in [2.45, 2.75) is 58.0 Å². The van der Waals surface area contributed by atoms with Crippen molar-refractivity contribution in [2.75, 3.05) is 13.1 Å². The molecule has 0 radical (unpaired) electrons. The highest BCUT2D eigenvalue weighted by Gasteiger charge is 2.46. The average molecular weight is 315 g/mol. The quantitative estimate of drug-likeness (QED) is 0.923. The summed E-state index contributed by atoms with van der Waals surface area (Å²) in [6.07, 6.45) is 2.62. The highest BCUT2D eigenvalue weighted by Crippen LogP contribution is 2.49. The number of benzene rings is 1. The van der Waals surface area contributed by atoms with Gasteiger partial charge in [-0.3, -0.25) is 4.79 Å². The number of carbonyl (C=O) groups is 1. The fraction of sp³-hybridized carbons (Fsp3) is 0.650. The second-order valence-corrected chi connectivity index (χ2v) is 7.67. The molecule has 1 aromatic rings. The molecule has 0 bridgehead atoms. The molecule has 3 heteroatoms. The molecular formula is C20H29NO2. The van der Waals surface area contributed by atoms with Crippen LogP contribution in [0.2, 0.25) is 0 Å². The summed E-state index contributed by atoms with van der Waals surface area (Å²) >= 11 is 0. The Morgan fingerprint density at radius 1 is 1.13 bits per heavy atom. The molecule has 1 saturated heterocycles. The molecule has 1 aliphatic carbocycles. The Hall–Kier alpha value is -1.35. The molecule has 3 nitrogen and oxygen atoms in total. The minimum Gasteiger partial charge on any atom is -0.393 e. The summed E-state index contributed by atoms with van der Waals surface area (Å²) in [6.45, 7) is 7.89. The van der Waals surface area contributed by atoms with Gasteiger partial charge in [-0.2, -0.15) is 0 Å². The van der Waals surface area contributed by atoms with Gasteiger partial charge in [-0.05, 0) is 55.1 Å². The van der Waals surface area contributed by atoms with Crippen LogP contribution < -0.4 is 0 Å². The van der Waals surface area contributed by atoms with Crippen molar-refractivity contribution in [1.29, 1.82) is 0 Å². The smallest absolute Gasteiger partial charge is 0.226 e. The number of likely N-dealkylation sites (tertiary alicyclic amines) is 1. The largest absolute Gasteiger partial charge is 0.393 e. The summed E-state index contributed by atoms with van der Waals surface area (Å²) < 4.78 is 0. The van der Waals surface area contributed by atoms with Crippen LogP contribution in [0.4, 0.5) is 0 Å². The molecule has 1 N–H and O–H groups in total. The van der Waals surface area contributed by atoms with E-state index in [9.17, 15) is 9.90 Å². The molecule has 1 aromatic carbocycles. The second-order valence-electron chi connectivity index (χ2n) is 7.67. The lowest BCUT2D eigenvalue weighted by Crippen LogP contribution is -2.41. The predicted octanol–water partition coefficient (Wildman–Crippen LogP) is 3.53. The van der Waals surface area contributed by atoms with Gasteiger partial charge in [0.2, 0.25) is 5.91 Å². The van der Waals surface area contributed by atoms with E-state index >= 15 is 0 Å². The first-order valence-electron chi connectivity index (χ1n) is 9.04.